The summed E-state index contributed by atoms with van der Waals surface area (Å²) in [6.45, 7) is 6.38. The second-order valence-corrected chi connectivity index (χ2v) is 10.9. The Bertz CT molecular complexity index is 646. The van der Waals surface area contributed by atoms with Crippen molar-refractivity contribution in [1.29, 1.82) is 0 Å². The molecular formula is C20H34O7. The Kier molecular flexibility index (Phi) is 3.89. The fraction of sp³-hybridized carbons (Fsp3) is 1.00. The van der Waals surface area contributed by atoms with E-state index < -0.39 is 63.9 Å². The number of rotatable bonds is 0. The van der Waals surface area contributed by atoms with Crippen molar-refractivity contribution in [2.24, 2.45) is 28.6 Å². The lowest BCUT2D eigenvalue weighted by Gasteiger charge is -2.51. The SMILES string of the molecule is CC1(C)[C@@H](O)[C@H](O)[C@H]2[C@](C)(O)[C@@H]3CC[C@@H]4C(O)[C@@]3(C[C@H](O)[C@@]21O)C[C@@]4(C)O. The predicted molar refractivity (Wildman–Crippen MR) is 95.4 cm³/mol. The Hall–Kier alpha value is -0.280. The van der Waals surface area contributed by atoms with Crippen molar-refractivity contribution < 1.29 is 35.7 Å². The monoisotopic (exact) mass is 386 g/mol. The third kappa shape index (κ3) is 2.02. The number of aliphatic hydroxyl groups is 7. The lowest BCUT2D eigenvalue weighted by molar-refractivity contribution is -0.209. The van der Waals surface area contributed by atoms with Crippen molar-refractivity contribution in [2.45, 2.75) is 94.6 Å². The second-order valence-electron chi connectivity index (χ2n) is 10.9. The van der Waals surface area contributed by atoms with Crippen molar-refractivity contribution in [3.63, 3.8) is 0 Å². The molecule has 7 N–H and O–H groups in total. The van der Waals surface area contributed by atoms with Crippen LogP contribution in [-0.4, -0.2) is 77.0 Å². The molecule has 0 aliphatic heterocycles. The quantitative estimate of drug-likeness (QED) is 0.287. The zero-order chi connectivity index (χ0) is 20.4. The average Bonchev–Trinajstić information content (AvgIpc) is 2.71. The first-order valence-corrected chi connectivity index (χ1v) is 10.0. The van der Waals surface area contributed by atoms with Crippen LogP contribution in [0.4, 0.5) is 0 Å². The van der Waals surface area contributed by atoms with Gasteiger partial charge >= 0.3 is 0 Å². The summed E-state index contributed by atoms with van der Waals surface area (Å²) < 4.78 is 0. The minimum Gasteiger partial charge on any atom is -0.392 e. The van der Waals surface area contributed by atoms with E-state index >= 15 is 0 Å². The molecule has 156 valence electrons. The molecule has 1 spiro atoms. The minimum absolute atomic E-state index is 0.00248. The maximum absolute atomic E-state index is 11.7. The van der Waals surface area contributed by atoms with Gasteiger partial charge in [-0.3, -0.25) is 0 Å². The lowest BCUT2D eigenvalue weighted by Crippen LogP contribution is -2.62. The number of fused-ring (bicyclic) bond motifs is 2. The van der Waals surface area contributed by atoms with E-state index in [9.17, 15) is 35.7 Å². The van der Waals surface area contributed by atoms with Gasteiger partial charge < -0.3 is 35.7 Å². The Balaban J connectivity index is 1.92. The van der Waals surface area contributed by atoms with E-state index in [-0.39, 0.29) is 18.8 Å². The maximum atomic E-state index is 11.7. The zero-order valence-electron chi connectivity index (χ0n) is 16.5. The van der Waals surface area contributed by atoms with Gasteiger partial charge in [0.25, 0.3) is 0 Å². The summed E-state index contributed by atoms with van der Waals surface area (Å²) in [4.78, 5) is 0. The molecule has 0 saturated heterocycles. The second kappa shape index (κ2) is 5.25. The molecule has 0 aromatic carbocycles. The molecule has 4 saturated carbocycles. The van der Waals surface area contributed by atoms with Crippen LogP contribution in [-0.2, 0) is 0 Å². The van der Waals surface area contributed by atoms with Crippen LogP contribution in [0.15, 0.2) is 0 Å². The summed E-state index contributed by atoms with van der Waals surface area (Å²) in [5, 5.41) is 78.0. The fourth-order valence-corrected chi connectivity index (χ4v) is 7.95. The molecule has 0 heterocycles. The normalized spacial score (nSPS) is 64.8. The van der Waals surface area contributed by atoms with Crippen molar-refractivity contribution in [2.75, 3.05) is 0 Å². The van der Waals surface area contributed by atoms with E-state index in [1.165, 1.54) is 6.92 Å². The Morgan fingerprint density at radius 3 is 2.00 bits per heavy atom. The highest BCUT2D eigenvalue weighted by molar-refractivity contribution is 5.27. The lowest BCUT2D eigenvalue weighted by atomic mass is 9.57. The van der Waals surface area contributed by atoms with Crippen LogP contribution in [0.5, 0.6) is 0 Å². The van der Waals surface area contributed by atoms with Crippen LogP contribution in [0.1, 0.15) is 53.4 Å². The van der Waals surface area contributed by atoms with E-state index in [0.29, 0.717) is 12.8 Å². The Morgan fingerprint density at radius 1 is 0.815 bits per heavy atom. The van der Waals surface area contributed by atoms with E-state index in [4.69, 9.17) is 0 Å². The summed E-state index contributed by atoms with van der Waals surface area (Å²) in [6, 6.07) is 0. The number of hydrogen-bond donors (Lipinski definition) is 7. The molecule has 0 aromatic rings. The largest absolute Gasteiger partial charge is 0.392 e. The first-order valence-electron chi connectivity index (χ1n) is 10.0. The summed E-state index contributed by atoms with van der Waals surface area (Å²) in [6.07, 6.45) is -3.78. The predicted octanol–water partition coefficient (Wildman–Crippen LogP) is -0.861. The molecule has 7 nitrogen and oxygen atoms in total. The van der Waals surface area contributed by atoms with Gasteiger partial charge in [0, 0.05) is 22.7 Å². The standard InChI is InChI=1S/C20H34O7/c1-16(2)15(24)12(22)13-18(4,26)10-6-5-9-14(23)19(10,8-17(9,3)25)7-11(21)20(13,16)27/h9-15,21-27H,5-8H2,1-4H3/t9-,10+,11+,12-,13+,14?,15+,17-,18-,19+,20-/m1/s1. The molecule has 11 atom stereocenters. The highest BCUT2D eigenvalue weighted by atomic mass is 16.4. The summed E-state index contributed by atoms with van der Waals surface area (Å²) in [7, 11) is 0. The first-order chi connectivity index (χ1) is 12.2. The third-order valence-corrected chi connectivity index (χ3v) is 9.24. The van der Waals surface area contributed by atoms with Crippen molar-refractivity contribution >= 4 is 0 Å². The average molecular weight is 386 g/mol. The molecule has 4 aliphatic carbocycles. The highest BCUT2D eigenvalue weighted by Crippen LogP contribution is 2.69. The Morgan fingerprint density at radius 2 is 1.41 bits per heavy atom. The van der Waals surface area contributed by atoms with E-state index in [0.717, 1.165) is 0 Å². The van der Waals surface area contributed by atoms with Gasteiger partial charge in [0.2, 0.25) is 0 Å². The van der Waals surface area contributed by atoms with Crippen molar-refractivity contribution in [1.82, 2.24) is 0 Å². The van der Waals surface area contributed by atoms with Crippen molar-refractivity contribution in [3.8, 4) is 0 Å². The molecule has 4 rings (SSSR count). The first kappa shape index (κ1) is 20.0. The molecule has 0 aromatic heterocycles. The summed E-state index contributed by atoms with van der Waals surface area (Å²) >= 11 is 0. The molecule has 7 heteroatoms. The molecule has 4 fully saturated rings. The minimum atomic E-state index is -1.94. The smallest absolute Gasteiger partial charge is 0.106 e. The van der Waals surface area contributed by atoms with Crippen LogP contribution in [0.25, 0.3) is 0 Å². The van der Waals surface area contributed by atoms with E-state index in [1.54, 1.807) is 20.8 Å². The van der Waals surface area contributed by atoms with Gasteiger partial charge in [-0.25, -0.2) is 0 Å². The molecule has 0 amide bonds. The molecule has 0 radical (unpaired) electrons. The van der Waals surface area contributed by atoms with E-state index in [2.05, 4.69) is 0 Å². The van der Waals surface area contributed by atoms with Gasteiger partial charge in [0.05, 0.1) is 35.6 Å². The van der Waals surface area contributed by atoms with Gasteiger partial charge in [-0.2, -0.15) is 0 Å². The van der Waals surface area contributed by atoms with Crippen LogP contribution in [0.3, 0.4) is 0 Å². The number of aliphatic hydroxyl groups excluding tert-OH is 4. The molecule has 1 unspecified atom stereocenters. The summed E-state index contributed by atoms with van der Waals surface area (Å²) in [5.74, 6) is -2.06. The van der Waals surface area contributed by atoms with E-state index in [1.807, 2.05) is 0 Å². The number of hydrogen-bond acceptors (Lipinski definition) is 7. The van der Waals surface area contributed by atoms with Crippen LogP contribution >= 0.6 is 0 Å². The van der Waals surface area contributed by atoms with Crippen LogP contribution < -0.4 is 0 Å². The molecular weight excluding hydrogens is 352 g/mol. The van der Waals surface area contributed by atoms with Gasteiger partial charge in [-0.15, -0.1) is 0 Å². The zero-order valence-corrected chi connectivity index (χ0v) is 16.5. The van der Waals surface area contributed by atoms with Crippen LogP contribution in [0.2, 0.25) is 0 Å². The van der Waals surface area contributed by atoms with Crippen LogP contribution in [0, 0.1) is 28.6 Å². The van der Waals surface area contributed by atoms with Gasteiger partial charge in [0.15, 0.2) is 0 Å². The molecule has 27 heavy (non-hydrogen) atoms. The molecule has 2 bridgehead atoms. The Labute approximate surface area is 159 Å². The maximum Gasteiger partial charge on any atom is 0.106 e. The molecule has 4 aliphatic rings. The van der Waals surface area contributed by atoms with Gasteiger partial charge in [-0.05, 0) is 45.4 Å². The topological polar surface area (TPSA) is 142 Å². The van der Waals surface area contributed by atoms with Gasteiger partial charge in [-0.1, -0.05) is 13.8 Å². The van der Waals surface area contributed by atoms with Crippen molar-refractivity contribution in [3.05, 3.63) is 0 Å². The summed E-state index contributed by atoms with van der Waals surface area (Å²) in [5.41, 5.74) is -6.94. The third-order valence-electron chi connectivity index (χ3n) is 9.24. The fourth-order valence-electron chi connectivity index (χ4n) is 7.95. The van der Waals surface area contributed by atoms with Gasteiger partial charge in [0.1, 0.15) is 5.60 Å². The highest BCUT2D eigenvalue weighted by Gasteiger charge is 2.78.